The number of carbonyl (C=O) groups is 2. The third-order valence-corrected chi connectivity index (χ3v) is 8.43. The van der Waals surface area contributed by atoms with Gasteiger partial charge in [-0.1, -0.05) is 90.1 Å². The molecule has 1 aromatic heterocycles. The van der Waals surface area contributed by atoms with E-state index in [0.29, 0.717) is 14.8 Å². The van der Waals surface area contributed by atoms with Crippen LogP contribution in [-0.2, 0) is 29.9 Å². The van der Waals surface area contributed by atoms with E-state index in [1.165, 1.54) is 10.1 Å². The van der Waals surface area contributed by atoms with Crippen molar-refractivity contribution in [1.29, 1.82) is 0 Å². The number of nitrogens with zero attached hydrogens (tertiary/aromatic N) is 1. The fourth-order valence-electron chi connectivity index (χ4n) is 5.00. The number of fused-ring (bicyclic) bond motifs is 1. The van der Waals surface area contributed by atoms with Crippen LogP contribution in [0.15, 0.2) is 58.9 Å². The van der Waals surface area contributed by atoms with Crippen LogP contribution in [-0.4, -0.2) is 29.7 Å². The van der Waals surface area contributed by atoms with Gasteiger partial charge in [-0.05, 0) is 53.0 Å². The molecule has 0 aliphatic carbocycles. The molecule has 0 fully saturated rings. The first-order valence-electron chi connectivity index (χ1n) is 14.2. The fraction of sp³-hybridized carbons (Fsp3) is 0.382. The lowest BCUT2D eigenvalue weighted by molar-refractivity contribution is -0.138. The van der Waals surface area contributed by atoms with Gasteiger partial charge in [-0.3, -0.25) is 9.36 Å². The molecule has 0 amide bonds. The Morgan fingerprint density at radius 1 is 0.833 bits per heavy atom. The largest absolute Gasteiger partial charge is 0.463 e. The molecule has 222 valence electrons. The molecule has 2 N–H and O–H groups in total. The minimum absolute atomic E-state index is 0.00750. The maximum atomic E-state index is 13.8. The van der Waals surface area contributed by atoms with Crippen molar-refractivity contribution in [2.75, 3.05) is 13.2 Å². The van der Waals surface area contributed by atoms with Crippen molar-refractivity contribution < 1.29 is 19.1 Å². The summed E-state index contributed by atoms with van der Waals surface area (Å²) >= 11 is 1.16. The highest BCUT2D eigenvalue weighted by Crippen LogP contribution is 2.38. The van der Waals surface area contributed by atoms with E-state index in [4.69, 9.17) is 15.2 Å². The first kappa shape index (κ1) is 31.0. The van der Waals surface area contributed by atoms with Crippen molar-refractivity contribution in [3.05, 3.63) is 95.9 Å². The number of thiazole rings is 1. The second kappa shape index (κ2) is 11.8. The van der Waals surface area contributed by atoms with Gasteiger partial charge in [0.1, 0.15) is 10.5 Å². The molecule has 8 heteroatoms. The number of benzene rings is 2. The Kier molecular flexibility index (Phi) is 8.69. The topological polar surface area (TPSA) is 101 Å². The predicted octanol–water partition coefficient (Wildman–Crippen LogP) is 4.54. The van der Waals surface area contributed by atoms with Gasteiger partial charge >= 0.3 is 11.9 Å². The van der Waals surface area contributed by atoms with Crippen molar-refractivity contribution in [1.82, 2.24) is 4.57 Å². The van der Waals surface area contributed by atoms with E-state index in [1.807, 2.05) is 48.5 Å². The van der Waals surface area contributed by atoms with Crippen LogP contribution in [0.4, 0.5) is 0 Å². The third-order valence-electron chi connectivity index (χ3n) is 7.32. The molecule has 2 heterocycles. The number of hydrogen-bond acceptors (Lipinski definition) is 7. The number of carbonyl (C=O) groups excluding carboxylic acids is 2. The number of ether oxygens (including phenoxy) is 2. The summed E-state index contributed by atoms with van der Waals surface area (Å²) in [6.07, 6.45) is 1.78. The van der Waals surface area contributed by atoms with Crippen molar-refractivity contribution in [3.8, 4) is 0 Å². The van der Waals surface area contributed by atoms with Crippen LogP contribution in [0.2, 0.25) is 0 Å². The van der Waals surface area contributed by atoms with Crippen molar-refractivity contribution in [3.63, 3.8) is 0 Å². The number of nitrogens with two attached hydrogens (primary N) is 1. The van der Waals surface area contributed by atoms with Gasteiger partial charge in [-0.2, -0.15) is 0 Å². The number of esters is 2. The van der Waals surface area contributed by atoms with E-state index < -0.39 is 23.4 Å². The van der Waals surface area contributed by atoms with E-state index in [-0.39, 0.29) is 41.0 Å². The molecule has 1 atom stereocenters. The van der Waals surface area contributed by atoms with Gasteiger partial charge in [0.15, 0.2) is 0 Å². The van der Waals surface area contributed by atoms with E-state index in [0.717, 1.165) is 22.5 Å². The highest BCUT2D eigenvalue weighted by molar-refractivity contribution is 7.07. The van der Waals surface area contributed by atoms with Crippen LogP contribution in [0.1, 0.15) is 83.6 Å². The lowest BCUT2D eigenvalue weighted by Gasteiger charge is -2.27. The number of rotatable bonds is 6. The third kappa shape index (κ3) is 6.00. The summed E-state index contributed by atoms with van der Waals surface area (Å²) in [6, 6.07) is 15.7. The summed E-state index contributed by atoms with van der Waals surface area (Å²) in [5.74, 6) is -2.24. The molecule has 0 saturated heterocycles. The molecule has 1 unspecified atom stereocenters. The Morgan fingerprint density at radius 2 is 1.31 bits per heavy atom. The van der Waals surface area contributed by atoms with Crippen molar-refractivity contribution in [2.45, 2.75) is 72.1 Å². The normalized spacial score (nSPS) is 16.0. The van der Waals surface area contributed by atoms with Crippen LogP contribution >= 0.6 is 11.3 Å². The van der Waals surface area contributed by atoms with Gasteiger partial charge in [0, 0.05) is 0 Å². The quantitative estimate of drug-likeness (QED) is 0.425. The minimum Gasteiger partial charge on any atom is -0.463 e. The second-order valence-electron chi connectivity index (χ2n) is 12.4. The van der Waals surface area contributed by atoms with Crippen molar-refractivity contribution in [2.24, 2.45) is 5.73 Å². The van der Waals surface area contributed by atoms with E-state index in [1.54, 1.807) is 19.9 Å². The summed E-state index contributed by atoms with van der Waals surface area (Å²) < 4.78 is 12.9. The Bertz CT molecular complexity index is 1710. The zero-order chi connectivity index (χ0) is 31.0. The van der Waals surface area contributed by atoms with Gasteiger partial charge in [0.2, 0.25) is 0 Å². The van der Waals surface area contributed by atoms with Gasteiger partial charge in [0.05, 0.1) is 34.8 Å². The molecule has 0 spiro atoms. The lowest BCUT2D eigenvalue weighted by Crippen LogP contribution is -2.42. The van der Waals surface area contributed by atoms with Crippen LogP contribution in [0.25, 0.3) is 17.5 Å². The number of aromatic nitrogens is 1. The zero-order valence-electron chi connectivity index (χ0n) is 25.7. The van der Waals surface area contributed by atoms with Crippen LogP contribution in [0.3, 0.4) is 0 Å². The molecule has 7 nitrogen and oxygen atoms in total. The maximum Gasteiger partial charge on any atom is 0.338 e. The first-order chi connectivity index (χ1) is 19.7. The Balaban J connectivity index is 2.04. The van der Waals surface area contributed by atoms with Gasteiger partial charge in [-0.25, -0.2) is 9.59 Å². The molecular formula is C34H40N2O5S. The SMILES string of the molecule is CCOC(=O)C1=C(N)n2c(sc(=Cc3ccc(C(C)(C)C)cc3)c2=O)=C(C(=O)OCC)C1c1ccc(C(C)(C)C)cc1. The molecule has 1 aliphatic heterocycles. The Morgan fingerprint density at radius 3 is 1.79 bits per heavy atom. The summed E-state index contributed by atoms with van der Waals surface area (Å²) in [4.78, 5) is 40.9. The monoisotopic (exact) mass is 588 g/mol. The Hall–Kier alpha value is -3.91. The van der Waals surface area contributed by atoms with E-state index >= 15 is 0 Å². The molecular weight excluding hydrogens is 548 g/mol. The second-order valence-corrected chi connectivity index (χ2v) is 13.4. The lowest BCUT2D eigenvalue weighted by atomic mass is 9.81. The summed E-state index contributed by atoms with van der Waals surface area (Å²) in [5.41, 5.74) is 10.1. The molecule has 42 heavy (non-hydrogen) atoms. The van der Waals surface area contributed by atoms with Crippen LogP contribution in [0.5, 0.6) is 0 Å². The first-order valence-corrected chi connectivity index (χ1v) is 15.0. The van der Waals surface area contributed by atoms with Crippen LogP contribution in [0, 0.1) is 0 Å². The van der Waals surface area contributed by atoms with Gasteiger partial charge in [0.25, 0.3) is 5.56 Å². The minimum atomic E-state index is -0.880. The van der Waals surface area contributed by atoms with E-state index in [9.17, 15) is 14.4 Å². The van der Waals surface area contributed by atoms with Crippen molar-refractivity contribution >= 4 is 40.7 Å². The van der Waals surface area contributed by atoms with Gasteiger partial charge < -0.3 is 15.2 Å². The number of hydrogen-bond donors (Lipinski definition) is 1. The summed E-state index contributed by atoms with van der Waals surface area (Å²) in [6.45, 7) is 16.4. The molecule has 0 saturated carbocycles. The highest BCUT2D eigenvalue weighted by Gasteiger charge is 2.40. The molecule has 2 aromatic carbocycles. The van der Waals surface area contributed by atoms with Gasteiger partial charge in [-0.15, -0.1) is 11.3 Å². The smallest absolute Gasteiger partial charge is 0.338 e. The zero-order valence-corrected chi connectivity index (χ0v) is 26.5. The molecule has 0 bridgehead atoms. The summed E-state index contributed by atoms with van der Waals surface area (Å²) in [5, 5.41) is 0. The molecule has 3 aromatic rings. The van der Waals surface area contributed by atoms with Crippen LogP contribution < -0.4 is 20.5 Å². The fourth-order valence-corrected chi connectivity index (χ4v) is 6.17. The molecule has 1 aliphatic rings. The highest BCUT2D eigenvalue weighted by atomic mass is 32.1. The standard InChI is InChI=1S/C34H40N2O5S/c1-9-40-31(38)26-25(21-13-17-23(18-14-21)34(6,7)8)27(32(39)41-10-2)30-36(28(26)35)29(37)24(42-30)19-20-11-15-22(16-12-20)33(3,4)5/h11-19,25H,9-10,35H2,1-8H3. The predicted molar refractivity (Wildman–Crippen MR) is 168 cm³/mol. The van der Waals surface area contributed by atoms with E-state index in [2.05, 4.69) is 41.5 Å². The summed E-state index contributed by atoms with van der Waals surface area (Å²) in [7, 11) is 0. The Labute approximate surface area is 251 Å². The average Bonchev–Trinajstić information content (AvgIpc) is 3.23. The molecule has 4 rings (SSSR count). The molecule has 0 radical (unpaired) electrons. The average molecular weight is 589 g/mol. The maximum absolute atomic E-state index is 13.8.